The Bertz CT molecular complexity index is 948. The number of hydrogen-bond acceptors (Lipinski definition) is 5. The highest BCUT2D eigenvalue weighted by Crippen LogP contribution is 2.69. The molecule has 0 aromatic heterocycles. The smallest absolute Gasteiger partial charge is 0.315 e. The minimum Gasteiger partial charge on any atom is -0.381 e. The van der Waals surface area contributed by atoms with Gasteiger partial charge in [0.25, 0.3) is 0 Å². The van der Waals surface area contributed by atoms with E-state index in [2.05, 4.69) is 29.8 Å². The Morgan fingerprint density at radius 1 is 1.05 bits per heavy atom. The van der Waals surface area contributed by atoms with Crippen LogP contribution in [-0.2, 0) is 14.4 Å². The molecule has 3 aliphatic rings. The molecule has 216 valence electrons. The van der Waals surface area contributed by atoms with E-state index in [9.17, 15) is 24.3 Å². The fourth-order valence-electron chi connectivity index (χ4n) is 6.02. The summed E-state index contributed by atoms with van der Waals surface area (Å²) in [7, 11) is 0. The number of rotatable bonds is 8. The maximum Gasteiger partial charge on any atom is 0.315 e. The third-order valence-corrected chi connectivity index (χ3v) is 8.80. The van der Waals surface area contributed by atoms with Crippen LogP contribution < -0.4 is 21.7 Å². The maximum absolute atomic E-state index is 14.1. The Morgan fingerprint density at radius 3 is 2.05 bits per heavy atom. The lowest BCUT2D eigenvalue weighted by Gasteiger charge is -2.37. The van der Waals surface area contributed by atoms with Crippen LogP contribution in [0.15, 0.2) is 0 Å². The van der Waals surface area contributed by atoms with Crippen molar-refractivity contribution in [2.75, 3.05) is 6.54 Å². The van der Waals surface area contributed by atoms with E-state index in [1.54, 1.807) is 4.90 Å². The second kappa shape index (κ2) is 10.3. The normalized spacial score (nSPS) is 27.2. The van der Waals surface area contributed by atoms with Gasteiger partial charge in [-0.3, -0.25) is 14.4 Å². The number of hydrogen-bond donors (Lipinski definition) is 5. The highest BCUT2D eigenvalue weighted by Gasteiger charge is 2.67. The Balaban J connectivity index is 1.85. The summed E-state index contributed by atoms with van der Waals surface area (Å²) in [5.74, 6) is -1.27. The second-order valence-corrected chi connectivity index (χ2v) is 14.7. The average Bonchev–Trinajstić information content (AvgIpc) is 3.05. The van der Waals surface area contributed by atoms with Crippen LogP contribution in [-0.4, -0.2) is 70.1 Å². The number of carbonyl (C=O) groups is 4. The van der Waals surface area contributed by atoms with Crippen LogP contribution in [0, 0.1) is 22.2 Å². The average molecular weight is 536 g/mol. The highest BCUT2D eigenvalue weighted by atomic mass is 16.3. The summed E-state index contributed by atoms with van der Waals surface area (Å²) >= 11 is 0. The van der Waals surface area contributed by atoms with Crippen molar-refractivity contribution in [3.63, 3.8) is 0 Å². The predicted molar refractivity (Wildman–Crippen MR) is 145 cm³/mol. The number of urea groups is 1. The van der Waals surface area contributed by atoms with Crippen LogP contribution in [0.3, 0.4) is 0 Å². The Kier molecular flexibility index (Phi) is 8.20. The van der Waals surface area contributed by atoms with Crippen LogP contribution in [0.25, 0.3) is 0 Å². The van der Waals surface area contributed by atoms with Gasteiger partial charge in [0.2, 0.25) is 17.7 Å². The molecule has 6 N–H and O–H groups in total. The first kappa shape index (κ1) is 30.2. The van der Waals surface area contributed by atoms with Crippen molar-refractivity contribution in [2.45, 2.75) is 124 Å². The van der Waals surface area contributed by atoms with Crippen molar-refractivity contribution < 1.29 is 24.3 Å². The molecule has 2 saturated carbocycles. The van der Waals surface area contributed by atoms with Crippen molar-refractivity contribution in [2.24, 2.45) is 27.9 Å². The van der Waals surface area contributed by atoms with E-state index in [-0.39, 0.29) is 16.7 Å². The molecule has 1 aliphatic heterocycles. The summed E-state index contributed by atoms with van der Waals surface area (Å²) in [6.07, 6.45) is 3.41. The number of nitrogens with one attached hydrogen (secondary N) is 3. The lowest BCUT2D eigenvalue weighted by atomic mass is 9.79. The first-order valence-corrected chi connectivity index (χ1v) is 13.9. The fourth-order valence-corrected chi connectivity index (χ4v) is 6.02. The number of likely N-dealkylation sites (tertiary alicyclic amines) is 1. The van der Waals surface area contributed by atoms with E-state index < -0.39 is 53.0 Å². The van der Waals surface area contributed by atoms with Gasteiger partial charge in [-0.1, -0.05) is 53.9 Å². The largest absolute Gasteiger partial charge is 0.381 e. The third-order valence-electron chi connectivity index (χ3n) is 8.80. The molecular weight excluding hydrogens is 486 g/mol. The SMILES string of the molecule is CC(C)(C)NC(=O)N[C@H](C(=O)N1CC2(C[C@H]1C(=O)NC(CC1CCC1)C(O)C(N)=O)CC2(C)C)C(C)(C)C. The van der Waals surface area contributed by atoms with E-state index >= 15 is 0 Å². The summed E-state index contributed by atoms with van der Waals surface area (Å²) in [5, 5.41) is 19.1. The van der Waals surface area contributed by atoms with Crippen molar-refractivity contribution in [3.8, 4) is 0 Å². The van der Waals surface area contributed by atoms with Crippen LogP contribution in [0.1, 0.15) is 93.9 Å². The van der Waals surface area contributed by atoms with Crippen molar-refractivity contribution >= 4 is 23.8 Å². The minimum absolute atomic E-state index is 0.0209. The number of primary amides is 1. The first-order chi connectivity index (χ1) is 17.3. The van der Waals surface area contributed by atoms with E-state index in [1.165, 1.54) is 0 Å². The number of aliphatic hydroxyl groups is 1. The Labute approximate surface area is 227 Å². The number of nitrogens with zero attached hydrogens (tertiary/aromatic N) is 1. The predicted octanol–water partition coefficient (Wildman–Crippen LogP) is 2.04. The number of carbonyl (C=O) groups excluding carboxylic acids is 4. The summed E-state index contributed by atoms with van der Waals surface area (Å²) in [4.78, 5) is 54.0. The molecule has 10 heteroatoms. The molecule has 1 heterocycles. The topological polar surface area (TPSA) is 154 Å². The number of aliphatic hydroxyl groups excluding tert-OH is 1. The van der Waals surface area contributed by atoms with Gasteiger partial charge in [0.1, 0.15) is 12.1 Å². The molecule has 10 nitrogen and oxygen atoms in total. The fraction of sp³-hybridized carbons (Fsp3) is 0.857. The van der Waals surface area contributed by atoms with Crippen molar-refractivity contribution in [1.82, 2.24) is 20.9 Å². The number of nitrogens with two attached hydrogens (primary N) is 1. The van der Waals surface area contributed by atoms with Gasteiger partial charge in [-0.15, -0.1) is 0 Å². The summed E-state index contributed by atoms with van der Waals surface area (Å²) in [6.45, 7) is 15.9. The van der Waals surface area contributed by atoms with Crippen LogP contribution in [0.2, 0.25) is 0 Å². The molecule has 5 amide bonds. The van der Waals surface area contributed by atoms with Gasteiger partial charge in [0.05, 0.1) is 6.04 Å². The molecule has 0 aromatic rings. The Hall–Kier alpha value is -2.36. The quantitative estimate of drug-likeness (QED) is 0.322. The van der Waals surface area contributed by atoms with Gasteiger partial charge in [0.15, 0.2) is 6.10 Å². The molecule has 5 atom stereocenters. The Morgan fingerprint density at radius 2 is 1.63 bits per heavy atom. The monoisotopic (exact) mass is 535 g/mol. The highest BCUT2D eigenvalue weighted by molar-refractivity contribution is 5.93. The molecule has 3 unspecified atom stereocenters. The van der Waals surface area contributed by atoms with Crippen LogP contribution in [0.5, 0.6) is 0 Å². The molecule has 1 saturated heterocycles. The zero-order valence-electron chi connectivity index (χ0n) is 24.4. The zero-order chi connectivity index (χ0) is 28.8. The summed E-state index contributed by atoms with van der Waals surface area (Å²) < 4.78 is 0. The molecule has 0 bridgehead atoms. The van der Waals surface area contributed by atoms with Gasteiger partial charge in [-0.25, -0.2) is 4.79 Å². The van der Waals surface area contributed by atoms with E-state index in [0.717, 1.165) is 25.7 Å². The van der Waals surface area contributed by atoms with Gasteiger partial charge < -0.3 is 31.7 Å². The van der Waals surface area contributed by atoms with Crippen LogP contribution >= 0.6 is 0 Å². The maximum atomic E-state index is 14.1. The molecular formula is C28H49N5O5. The molecule has 0 radical (unpaired) electrons. The molecule has 3 fully saturated rings. The lowest BCUT2D eigenvalue weighted by molar-refractivity contribution is -0.143. The standard InChI is InChI=1S/C28H49N5O5/c1-25(2,3)20(31-24(38)32-26(4,5)6)23(37)33-15-28(14-27(28,7)8)13-18(33)22(36)30-17(19(34)21(29)35)12-16-10-9-11-16/h16-20,34H,9-15H2,1-8H3,(H2,29,35)(H,30,36)(H2,31,32,38)/t17?,18-,19?,20+,28?/m0/s1. The van der Waals surface area contributed by atoms with Gasteiger partial charge in [-0.05, 0) is 62.2 Å². The summed E-state index contributed by atoms with van der Waals surface area (Å²) in [6, 6.07) is -2.89. The van der Waals surface area contributed by atoms with E-state index in [0.29, 0.717) is 25.3 Å². The molecule has 1 spiro atoms. The van der Waals surface area contributed by atoms with Gasteiger partial charge in [-0.2, -0.15) is 0 Å². The zero-order valence-corrected chi connectivity index (χ0v) is 24.4. The molecule has 38 heavy (non-hydrogen) atoms. The minimum atomic E-state index is -1.50. The van der Waals surface area contributed by atoms with Crippen LogP contribution in [0.4, 0.5) is 4.79 Å². The molecule has 0 aromatic carbocycles. The third kappa shape index (κ3) is 6.61. The first-order valence-electron chi connectivity index (χ1n) is 13.9. The van der Waals surface area contributed by atoms with E-state index in [1.807, 2.05) is 41.5 Å². The lowest BCUT2D eigenvalue weighted by Crippen LogP contribution is -2.61. The van der Waals surface area contributed by atoms with Crippen molar-refractivity contribution in [3.05, 3.63) is 0 Å². The number of amides is 5. The second-order valence-electron chi connectivity index (χ2n) is 14.7. The van der Waals surface area contributed by atoms with E-state index in [4.69, 9.17) is 5.73 Å². The molecule has 2 aliphatic carbocycles. The molecule has 3 rings (SSSR count). The van der Waals surface area contributed by atoms with Gasteiger partial charge >= 0.3 is 6.03 Å². The van der Waals surface area contributed by atoms with Crippen molar-refractivity contribution in [1.29, 1.82) is 0 Å². The van der Waals surface area contributed by atoms with Gasteiger partial charge in [0, 0.05) is 12.1 Å². The summed E-state index contributed by atoms with van der Waals surface area (Å²) in [5.41, 5.74) is 4.09.